The van der Waals surface area contributed by atoms with Gasteiger partial charge in [0, 0.05) is 24.9 Å². The first-order valence-electron chi connectivity index (χ1n) is 7.88. The fourth-order valence-corrected chi connectivity index (χ4v) is 4.63. The van der Waals surface area contributed by atoms with Gasteiger partial charge < -0.3 is 5.73 Å². The molecule has 2 aliphatic rings. The van der Waals surface area contributed by atoms with Crippen LogP contribution < -0.4 is 5.73 Å². The van der Waals surface area contributed by atoms with Gasteiger partial charge >= 0.3 is 0 Å². The van der Waals surface area contributed by atoms with E-state index in [-0.39, 0.29) is 6.04 Å². The van der Waals surface area contributed by atoms with Crippen molar-refractivity contribution in [1.82, 2.24) is 9.78 Å². The molecule has 4 rings (SSSR count). The SMILES string of the molecule is Cn1nc(CC(N)C2CC3CCC2C3)c2ccccc21. The summed E-state index contributed by atoms with van der Waals surface area (Å²) >= 11 is 0. The fraction of sp³-hybridized carbons (Fsp3) is 0.588. The summed E-state index contributed by atoms with van der Waals surface area (Å²) < 4.78 is 1.98. The third kappa shape index (κ3) is 1.87. The predicted octanol–water partition coefficient (Wildman–Crippen LogP) is 2.88. The largest absolute Gasteiger partial charge is 0.327 e. The second-order valence-electron chi connectivity index (χ2n) is 6.79. The molecule has 2 N–H and O–H groups in total. The van der Waals surface area contributed by atoms with Crippen LogP contribution in [0.4, 0.5) is 0 Å². The third-order valence-electron chi connectivity index (χ3n) is 5.61. The summed E-state index contributed by atoms with van der Waals surface area (Å²) in [4.78, 5) is 0. The average molecular weight is 269 g/mol. The second-order valence-corrected chi connectivity index (χ2v) is 6.79. The van der Waals surface area contributed by atoms with Crippen LogP contribution in [0.15, 0.2) is 24.3 Å². The smallest absolute Gasteiger partial charge is 0.0718 e. The second kappa shape index (κ2) is 4.59. The summed E-state index contributed by atoms with van der Waals surface area (Å²) in [6.07, 6.45) is 6.57. The quantitative estimate of drug-likeness (QED) is 0.931. The minimum atomic E-state index is 0.281. The lowest BCUT2D eigenvalue weighted by Crippen LogP contribution is -2.35. The number of aryl methyl sites for hydroxylation is 1. The highest BCUT2D eigenvalue weighted by Gasteiger charge is 2.42. The van der Waals surface area contributed by atoms with Crippen molar-refractivity contribution < 1.29 is 0 Å². The number of aromatic nitrogens is 2. The molecule has 2 aliphatic carbocycles. The lowest BCUT2D eigenvalue weighted by molar-refractivity contribution is 0.279. The van der Waals surface area contributed by atoms with Crippen LogP contribution in [0, 0.1) is 17.8 Å². The van der Waals surface area contributed by atoms with Gasteiger partial charge in [-0.2, -0.15) is 5.10 Å². The average Bonchev–Trinajstić information content (AvgIpc) is 3.15. The van der Waals surface area contributed by atoms with Crippen molar-refractivity contribution in [3.05, 3.63) is 30.0 Å². The van der Waals surface area contributed by atoms with Crippen LogP contribution in [0.2, 0.25) is 0 Å². The zero-order chi connectivity index (χ0) is 13.7. The van der Waals surface area contributed by atoms with Crippen LogP contribution in [0.25, 0.3) is 10.9 Å². The molecule has 4 unspecified atom stereocenters. The van der Waals surface area contributed by atoms with Gasteiger partial charge in [0.1, 0.15) is 0 Å². The predicted molar refractivity (Wildman–Crippen MR) is 81.3 cm³/mol. The van der Waals surface area contributed by atoms with Crippen molar-refractivity contribution >= 4 is 10.9 Å². The van der Waals surface area contributed by atoms with E-state index in [1.807, 2.05) is 11.7 Å². The lowest BCUT2D eigenvalue weighted by Gasteiger charge is -2.27. The van der Waals surface area contributed by atoms with Crippen molar-refractivity contribution in [2.45, 2.75) is 38.1 Å². The topological polar surface area (TPSA) is 43.8 Å². The van der Waals surface area contributed by atoms with Crippen molar-refractivity contribution in [2.24, 2.45) is 30.5 Å². The first-order chi connectivity index (χ1) is 9.72. The van der Waals surface area contributed by atoms with E-state index in [1.165, 1.54) is 42.3 Å². The number of para-hydroxylation sites is 1. The third-order valence-corrected chi connectivity index (χ3v) is 5.61. The van der Waals surface area contributed by atoms with Gasteiger partial charge in [-0.15, -0.1) is 0 Å². The Labute approximate surface area is 120 Å². The normalized spacial score (nSPS) is 30.2. The molecule has 3 nitrogen and oxygen atoms in total. The Morgan fingerprint density at radius 3 is 2.90 bits per heavy atom. The van der Waals surface area contributed by atoms with Gasteiger partial charge in [0.05, 0.1) is 11.2 Å². The summed E-state index contributed by atoms with van der Waals surface area (Å²) in [6.45, 7) is 0. The Kier molecular flexibility index (Phi) is 2.84. The Bertz CT molecular complexity index is 630. The Hall–Kier alpha value is -1.35. The molecule has 0 spiro atoms. The number of hydrogen-bond donors (Lipinski definition) is 1. The molecule has 0 amide bonds. The van der Waals surface area contributed by atoms with E-state index in [9.17, 15) is 0 Å². The number of rotatable bonds is 3. The number of nitrogens with zero attached hydrogens (tertiary/aromatic N) is 2. The summed E-state index contributed by atoms with van der Waals surface area (Å²) in [5.41, 5.74) is 8.94. The van der Waals surface area contributed by atoms with Gasteiger partial charge in [-0.25, -0.2) is 0 Å². The van der Waals surface area contributed by atoms with Gasteiger partial charge in [-0.3, -0.25) is 4.68 Å². The Morgan fingerprint density at radius 2 is 2.15 bits per heavy atom. The summed E-state index contributed by atoms with van der Waals surface area (Å²) in [7, 11) is 2.02. The molecule has 2 fully saturated rings. The maximum atomic E-state index is 6.55. The molecule has 106 valence electrons. The van der Waals surface area contributed by atoms with Crippen LogP contribution in [0.3, 0.4) is 0 Å². The van der Waals surface area contributed by atoms with Crippen molar-refractivity contribution in [3.8, 4) is 0 Å². The van der Waals surface area contributed by atoms with Crippen molar-refractivity contribution in [3.63, 3.8) is 0 Å². The highest BCUT2D eigenvalue weighted by atomic mass is 15.3. The Balaban J connectivity index is 1.58. The summed E-state index contributed by atoms with van der Waals surface area (Å²) in [5, 5.41) is 5.97. The van der Waals surface area contributed by atoms with E-state index in [0.29, 0.717) is 0 Å². The first-order valence-corrected chi connectivity index (χ1v) is 7.88. The van der Waals surface area contributed by atoms with E-state index in [0.717, 1.165) is 24.2 Å². The van der Waals surface area contributed by atoms with Crippen LogP contribution in [-0.2, 0) is 13.5 Å². The zero-order valence-corrected chi connectivity index (χ0v) is 12.1. The fourth-order valence-electron chi connectivity index (χ4n) is 4.63. The zero-order valence-electron chi connectivity index (χ0n) is 12.1. The number of hydrogen-bond acceptors (Lipinski definition) is 2. The number of fused-ring (bicyclic) bond motifs is 3. The molecular formula is C17H23N3. The molecule has 2 aromatic rings. The molecule has 2 saturated carbocycles. The first kappa shape index (κ1) is 12.4. The van der Waals surface area contributed by atoms with Crippen LogP contribution in [0.1, 0.15) is 31.4 Å². The number of benzene rings is 1. The van der Waals surface area contributed by atoms with E-state index in [4.69, 9.17) is 10.8 Å². The van der Waals surface area contributed by atoms with E-state index in [1.54, 1.807) is 0 Å². The maximum Gasteiger partial charge on any atom is 0.0718 e. The molecule has 0 radical (unpaired) electrons. The van der Waals surface area contributed by atoms with Gasteiger partial charge in [0.25, 0.3) is 0 Å². The van der Waals surface area contributed by atoms with Crippen LogP contribution >= 0.6 is 0 Å². The maximum absolute atomic E-state index is 6.55. The van der Waals surface area contributed by atoms with E-state index in [2.05, 4.69) is 24.3 Å². The highest BCUT2D eigenvalue weighted by molar-refractivity contribution is 5.81. The lowest BCUT2D eigenvalue weighted by atomic mass is 9.82. The molecule has 3 heteroatoms. The molecule has 4 atom stereocenters. The van der Waals surface area contributed by atoms with Crippen LogP contribution in [0.5, 0.6) is 0 Å². The summed E-state index contributed by atoms with van der Waals surface area (Å²) in [6, 6.07) is 8.75. The standard InChI is InChI=1S/C17H23N3/c1-20-17-5-3-2-4-13(17)16(19-20)10-15(18)14-9-11-6-7-12(14)8-11/h2-5,11-12,14-15H,6-10,18H2,1H3. The van der Waals surface area contributed by atoms with E-state index >= 15 is 0 Å². The highest BCUT2D eigenvalue weighted by Crippen LogP contribution is 2.49. The molecular weight excluding hydrogens is 246 g/mol. The molecule has 1 aromatic heterocycles. The molecule has 2 bridgehead atoms. The van der Waals surface area contributed by atoms with Gasteiger partial charge in [0.15, 0.2) is 0 Å². The van der Waals surface area contributed by atoms with Crippen molar-refractivity contribution in [2.75, 3.05) is 0 Å². The van der Waals surface area contributed by atoms with Gasteiger partial charge in [0.2, 0.25) is 0 Å². The van der Waals surface area contributed by atoms with E-state index < -0.39 is 0 Å². The minimum absolute atomic E-state index is 0.281. The molecule has 1 heterocycles. The van der Waals surface area contributed by atoms with Gasteiger partial charge in [-0.1, -0.05) is 24.6 Å². The van der Waals surface area contributed by atoms with Gasteiger partial charge in [-0.05, 0) is 43.1 Å². The molecule has 0 saturated heterocycles. The Morgan fingerprint density at radius 1 is 1.30 bits per heavy atom. The summed E-state index contributed by atoms with van der Waals surface area (Å²) in [5.74, 6) is 2.59. The monoisotopic (exact) mass is 269 g/mol. The number of nitrogens with two attached hydrogens (primary N) is 1. The molecule has 20 heavy (non-hydrogen) atoms. The van der Waals surface area contributed by atoms with Crippen LogP contribution in [-0.4, -0.2) is 15.8 Å². The molecule has 1 aromatic carbocycles. The minimum Gasteiger partial charge on any atom is -0.327 e. The molecule has 0 aliphatic heterocycles. The van der Waals surface area contributed by atoms with Crippen molar-refractivity contribution in [1.29, 1.82) is 0 Å².